The van der Waals surface area contributed by atoms with Crippen LogP contribution in [-0.2, 0) is 4.79 Å². The number of benzene rings is 1. The zero-order valence-electron chi connectivity index (χ0n) is 13.4. The van der Waals surface area contributed by atoms with E-state index in [0.29, 0.717) is 31.6 Å². The molecule has 0 radical (unpaired) electrons. The first-order valence-corrected chi connectivity index (χ1v) is 7.96. The summed E-state index contributed by atoms with van der Waals surface area (Å²) in [5, 5.41) is 13.7. The van der Waals surface area contributed by atoms with Crippen molar-refractivity contribution in [3.05, 3.63) is 58.5 Å². The van der Waals surface area contributed by atoms with Crippen molar-refractivity contribution in [1.29, 1.82) is 0 Å². The van der Waals surface area contributed by atoms with E-state index < -0.39 is 10.7 Å². The molecule has 0 aliphatic carbocycles. The molecular formula is C17H17FN4O3. The molecular weight excluding hydrogens is 327 g/mol. The van der Waals surface area contributed by atoms with E-state index in [1.807, 2.05) is 4.90 Å². The fraction of sp³-hybridized carbons (Fsp3) is 0.294. The number of hydrogen-bond donors (Lipinski definition) is 1. The van der Waals surface area contributed by atoms with Crippen LogP contribution in [0.5, 0.6) is 0 Å². The molecule has 0 spiro atoms. The van der Waals surface area contributed by atoms with Crippen molar-refractivity contribution in [3.63, 3.8) is 0 Å². The maximum absolute atomic E-state index is 13.6. The number of hydrogen-bond acceptors (Lipinski definition) is 5. The molecule has 8 heteroatoms. The van der Waals surface area contributed by atoms with Gasteiger partial charge in [0.25, 0.3) is 5.69 Å². The molecule has 3 rings (SSSR count). The van der Waals surface area contributed by atoms with Crippen molar-refractivity contribution < 1.29 is 14.1 Å². The Morgan fingerprint density at radius 1 is 1.24 bits per heavy atom. The van der Waals surface area contributed by atoms with Crippen molar-refractivity contribution in [2.75, 3.05) is 23.3 Å². The van der Waals surface area contributed by atoms with Gasteiger partial charge >= 0.3 is 0 Å². The highest BCUT2D eigenvalue weighted by atomic mass is 19.1. The van der Waals surface area contributed by atoms with Gasteiger partial charge in [0.15, 0.2) is 11.6 Å². The molecule has 0 atom stereocenters. The molecule has 0 bridgehead atoms. The monoisotopic (exact) mass is 344 g/mol. The maximum Gasteiger partial charge on any atom is 0.292 e. The van der Waals surface area contributed by atoms with E-state index in [4.69, 9.17) is 0 Å². The van der Waals surface area contributed by atoms with Crippen molar-refractivity contribution in [2.45, 2.75) is 12.8 Å². The first-order chi connectivity index (χ1) is 12.1. The lowest BCUT2D eigenvalue weighted by Crippen LogP contribution is -2.38. The normalized spacial score (nSPS) is 15.0. The Labute approximate surface area is 143 Å². The molecule has 1 saturated heterocycles. The molecule has 0 saturated carbocycles. The van der Waals surface area contributed by atoms with Crippen LogP contribution in [0.15, 0.2) is 42.6 Å². The van der Waals surface area contributed by atoms with Gasteiger partial charge in [-0.3, -0.25) is 14.9 Å². The molecule has 1 fully saturated rings. The smallest absolute Gasteiger partial charge is 0.292 e. The molecule has 2 aromatic rings. The topological polar surface area (TPSA) is 88.4 Å². The van der Waals surface area contributed by atoms with Gasteiger partial charge in [0, 0.05) is 31.3 Å². The number of pyridine rings is 1. The predicted molar refractivity (Wildman–Crippen MR) is 90.9 cm³/mol. The van der Waals surface area contributed by atoms with Gasteiger partial charge in [0.1, 0.15) is 5.69 Å². The third-order valence-electron chi connectivity index (χ3n) is 4.28. The highest BCUT2D eigenvalue weighted by molar-refractivity contribution is 5.92. The number of carbonyl (C=O) groups is 1. The fourth-order valence-corrected chi connectivity index (χ4v) is 2.96. The number of rotatable bonds is 4. The predicted octanol–water partition coefficient (Wildman–Crippen LogP) is 2.98. The largest absolute Gasteiger partial charge is 0.366 e. The number of nitrogens with one attached hydrogen (secondary N) is 1. The first-order valence-electron chi connectivity index (χ1n) is 7.96. The number of halogens is 1. The number of amides is 1. The number of piperidine rings is 1. The van der Waals surface area contributed by atoms with Gasteiger partial charge in [-0.2, -0.15) is 0 Å². The second-order valence-corrected chi connectivity index (χ2v) is 5.83. The van der Waals surface area contributed by atoms with E-state index in [0.717, 1.165) is 0 Å². The van der Waals surface area contributed by atoms with Gasteiger partial charge < -0.3 is 10.2 Å². The van der Waals surface area contributed by atoms with Crippen molar-refractivity contribution in [3.8, 4) is 0 Å². The molecule has 25 heavy (non-hydrogen) atoms. The van der Waals surface area contributed by atoms with Crippen LogP contribution < -0.4 is 10.2 Å². The standard InChI is InChI=1S/C17H17FN4O3/c18-13-4-3-9-19-16(13)20-17(23)12-7-10-21(11-8-12)14-5-1-2-6-15(14)22(24)25/h1-6,9,12H,7-8,10-11H2,(H,19,20,23). The summed E-state index contributed by atoms with van der Waals surface area (Å²) < 4.78 is 13.6. The minimum atomic E-state index is -0.576. The molecule has 0 unspecified atom stereocenters. The second-order valence-electron chi connectivity index (χ2n) is 5.83. The Kier molecular flexibility index (Phi) is 4.87. The molecule has 2 heterocycles. The molecule has 1 aliphatic heterocycles. The lowest BCUT2D eigenvalue weighted by Gasteiger charge is -2.32. The summed E-state index contributed by atoms with van der Waals surface area (Å²) in [4.78, 5) is 28.8. The maximum atomic E-state index is 13.6. The number of nitro benzene ring substituents is 1. The number of anilines is 2. The Hall–Kier alpha value is -3.03. The molecule has 130 valence electrons. The van der Waals surface area contributed by atoms with Crippen LogP contribution in [-0.4, -0.2) is 28.9 Å². The summed E-state index contributed by atoms with van der Waals surface area (Å²) in [7, 11) is 0. The summed E-state index contributed by atoms with van der Waals surface area (Å²) in [6.45, 7) is 1.04. The molecule has 7 nitrogen and oxygen atoms in total. The number of nitrogens with zero attached hydrogens (tertiary/aromatic N) is 3. The first kappa shape index (κ1) is 16.8. The van der Waals surface area contributed by atoms with Crippen LogP contribution in [0.4, 0.5) is 21.6 Å². The van der Waals surface area contributed by atoms with Crippen LogP contribution in [0.2, 0.25) is 0 Å². The summed E-state index contributed by atoms with van der Waals surface area (Å²) in [5.74, 6) is -1.21. The Morgan fingerprint density at radius 3 is 2.64 bits per heavy atom. The molecule has 1 amide bonds. The van der Waals surface area contributed by atoms with E-state index >= 15 is 0 Å². The van der Waals surface area contributed by atoms with E-state index in [-0.39, 0.29) is 23.3 Å². The van der Waals surface area contributed by atoms with E-state index in [1.54, 1.807) is 18.2 Å². The average molecular weight is 344 g/mol. The van der Waals surface area contributed by atoms with Crippen LogP contribution in [0.3, 0.4) is 0 Å². The lowest BCUT2D eigenvalue weighted by atomic mass is 9.95. The van der Waals surface area contributed by atoms with Crippen molar-refractivity contribution in [1.82, 2.24) is 4.98 Å². The van der Waals surface area contributed by atoms with Gasteiger partial charge in [-0.1, -0.05) is 12.1 Å². The summed E-state index contributed by atoms with van der Waals surface area (Å²) in [5.41, 5.74) is 0.614. The zero-order valence-corrected chi connectivity index (χ0v) is 13.4. The number of aromatic nitrogens is 1. The summed E-state index contributed by atoms with van der Waals surface area (Å²) >= 11 is 0. The molecule has 1 aliphatic rings. The molecule has 1 N–H and O–H groups in total. The second kappa shape index (κ2) is 7.25. The average Bonchev–Trinajstić information content (AvgIpc) is 2.63. The van der Waals surface area contributed by atoms with Gasteiger partial charge in [-0.15, -0.1) is 0 Å². The van der Waals surface area contributed by atoms with E-state index in [9.17, 15) is 19.3 Å². The van der Waals surface area contributed by atoms with Crippen LogP contribution in [0, 0.1) is 21.8 Å². The van der Waals surface area contributed by atoms with Crippen molar-refractivity contribution in [2.24, 2.45) is 5.92 Å². The Morgan fingerprint density at radius 2 is 1.96 bits per heavy atom. The highest BCUT2D eigenvalue weighted by Crippen LogP contribution is 2.31. The van der Waals surface area contributed by atoms with Crippen LogP contribution in [0.1, 0.15) is 12.8 Å². The summed E-state index contributed by atoms with van der Waals surface area (Å²) in [6.07, 6.45) is 2.48. The third kappa shape index (κ3) is 3.73. The highest BCUT2D eigenvalue weighted by Gasteiger charge is 2.28. The van der Waals surface area contributed by atoms with Gasteiger partial charge in [-0.25, -0.2) is 9.37 Å². The fourth-order valence-electron chi connectivity index (χ4n) is 2.96. The minimum absolute atomic E-state index is 0.0564. The molecule has 1 aromatic heterocycles. The van der Waals surface area contributed by atoms with Gasteiger partial charge in [0.05, 0.1) is 4.92 Å². The molecule has 1 aromatic carbocycles. The van der Waals surface area contributed by atoms with Gasteiger partial charge in [0.2, 0.25) is 5.91 Å². The van der Waals surface area contributed by atoms with E-state index in [1.165, 1.54) is 24.4 Å². The number of nitro groups is 1. The van der Waals surface area contributed by atoms with E-state index in [2.05, 4.69) is 10.3 Å². The quantitative estimate of drug-likeness (QED) is 0.680. The SMILES string of the molecule is O=C(Nc1ncccc1F)C1CCN(c2ccccc2[N+](=O)[O-])CC1. The number of carbonyl (C=O) groups excluding carboxylic acids is 1. The van der Waals surface area contributed by atoms with Crippen LogP contribution >= 0.6 is 0 Å². The van der Waals surface area contributed by atoms with Gasteiger partial charge in [-0.05, 0) is 31.0 Å². The lowest BCUT2D eigenvalue weighted by molar-refractivity contribution is -0.384. The summed E-state index contributed by atoms with van der Waals surface area (Å²) in [6, 6.07) is 9.25. The Bertz CT molecular complexity index is 791. The van der Waals surface area contributed by atoms with Crippen LogP contribution in [0.25, 0.3) is 0 Å². The number of para-hydroxylation sites is 2. The third-order valence-corrected chi connectivity index (χ3v) is 4.28. The zero-order chi connectivity index (χ0) is 17.8. The Balaban J connectivity index is 1.63. The van der Waals surface area contributed by atoms with Crippen molar-refractivity contribution >= 4 is 23.1 Å². The minimum Gasteiger partial charge on any atom is -0.366 e.